The molecule has 5 nitrogen and oxygen atoms in total. The molecule has 0 saturated heterocycles. The van der Waals surface area contributed by atoms with E-state index in [0.717, 1.165) is 18.1 Å². The summed E-state index contributed by atoms with van der Waals surface area (Å²) >= 11 is 0. The van der Waals surface area contributed by atoms with Crippen molar-refractivity contribution >= 4 is 5.96 Å². The Morgan fingerprint density at radius 1 is 1.36 bits per heavy atom. The molecule has 1 heterocycles. The Morgan fingerprint density at radius 3 is 2.73 bits per heavy atom. The van der Waals surface area contributed by atoms with Crippen molar-refractivity contribution in [1.29, 1.82) is 0 Å². The highest BCUT2D eigenvalue weighted by atomic mass is 16.5. The topological polar surface area (TPSA) is 58.5 Å². The third kappa shape index (κ3) is 5.54. The van der Waals surface area contributed by atoms with E-state index in [1.165, 1.54) is 25.7 Å². The van der Waals surface area contributed by atoms with E-state index in [2.05, 4.69) is 27.5 Å². The SMILES string of the molecule is CCNC(=NCc1ccc(OC(C)C)nc1)NC1CCCC1. The van der Waals surface area contributed by atoms with Gasteiger partial charge in [0.05, 0.1) is 12.6 Å². The number of nitrogens with zero attached hydrogens (tertiary/aromatic N) is 2. The minimum Gasteiger partial charge on any atom is -0.475 e. The molecule has 122 valence electrons. The van der Waals surface area contributed by atoms with Gasteiger partial charge in [-0.15, -0.1) is 0 Å². The average molecular weight is 304 g/mol. The summed E-state index contributed by atoms with van der Waals surface area (Å²) in [4.78, 5) is 8.97. The predicted molar refractivity (Wildman–Crippen MR) is 90.2 cm³/mol. The first-order chi connectivity index (χ1) is 10.7. The summed E-state index contributed by atoms with van der Waals surface area (Å²) in [7, 11) is 0. The van der Waals surface area contributed by atoms with Crippen LogP contribution in [0.1, 0.15) is 52.0 Å². The summed E-state index contributed by atoms with van der Waals surface area (Å²) in [6.45, 7) is 7.58. The second-order valence-corrected chi connectivity index (χ2v) is 5.99. The Morgan fingerprint density at radius 2 is 2.14 bits per heavy atom. The highest BCUT2D eigenvalue weighted by Gasteiger charge is 2.15. The van der Waals surface area contributed by atoms with Crippen LogP contribution in [0.5, 0.6) is 5.88 Å². The Bertz CT molecular complexity index is 464. The van der Waals surface area contributed by atoms with E-state index in [-0.39, 0.29) is 6.10 Å². The van der Waals surface area contributed by atoms with Crippen molar-refractivity contribution in [3.63, 3.8) is 0 Å². The van der Waals surface area contributed by atoms with Gasteiger partial charge in [-0.05, 0) is 39.2 Å². The molecule has 5 heteroatoms. The number of ether oxygens (including phenoxy) is 1. The molecule has 1 aliphatic rings. The van der Waals surface area contributed by atoms with Crippen LogP contribution in [0.15, 0.2) is 23.3 Å². The quantitative estimate of drug-likeness (QED) is 0.627. The van der Waals surface area contributed by atoms with Gasteiger partial charge in [0.25, 0.3) is 0 Å². The van der Waals surface area contributed by atoms with Crippen LogP contribution in [-0.2, 0) is 6.54 Å². The monoisotopic (exact) mass is 304 g/mol. The Hall–Kier alpha value is -1.78. The Balaban J connectivity index is 1.91. The average Bonchev–Trinajstić information content (AvgIpc) is 2.99. The molecule has 0 spiro atoms. The van der Waals surface area contributed by atoms with Crippen LogP contribution in [-0.4, -0.2) is 29.6 Å². The van der Waals surface area contributed by atoms with Gasteiger partial charge in [0.2, 0.25) is 5.88 Å². The molecule has 22 heavy (non-hydrogen) atoms. The van der Waals surface area contributed by atoms with Gasteiger partial charge in [-0.3, -0.25) is 0 Å². The van der Waals surface area contributed by atoms with Crippen LogP contribution in [0.2, 0.25) is 0 Å². The molecule has 0 unspecified atom stereocenters. The van der Waals surface area contributed by atoms with Crippen molar-refractivity contribution < 1.29 is 4.74 Å². The normalized spacial score (nSPS) is 16.1. The minimum absolute atomic E-state index is 0.146. The molecule has 0 radical (unpaired) electrons. The molecule has 0 atom stereocenters. The van der Waals surface area contributed by atoms with Gasteiger partial charge in [-0.2, -0.15) is 0 Å². The zero-order valence-electron chi connectivity index (χ0n) is 13.9. The van der Waals surface area contributed by atoms with Crippen LogP contribution < -0.4 is 15.4 Å². The molecule has 0 aliphatic heterocycles. The zero-order valence-corrected chi connectivity index (χ0v) is 13.9. The maximum atomic E-state index is 5.55. The first-order valence-electron chi connectivity index (χ1n) is 8.33. The maximum Gasteiger partial charge on any atom is 0.213 e. The van der Waals surface area contributed by atoms with Gasteiger partial charge in [-0.1, -0.05) is 18.9 Å². The van der Waals surface area contributed by atoms with Gasteiger partial charge in [0, 0.05) is 24.8 Å². The summed E-state index contributed by atoms with van der Waals surface area (Å²) < 4.78 is 5.55. The van der Waals surface area contributed by atoms with Gasteiger partial charge in [-0.25, -0.2) is 9.98 Å². The van der Waals surface area contributed by atoms with Crippen molar-refractivity contribution in [3.05, 3.63) is 23.9 Å². The maximum absolute atomic E-state index is 5.55. The van der Waals surface area contributed by atoms with Gasteiger partial charge < -0.3 is 15.4 Å². The molecule has 1 aliphatic carbocycles. The third-order valence-corrected chi connectivity index (χ3v) is 3.61. The van der Waals surface area contributed by atoms with Crippen molar-refractivity contribution in [1.82, 2.24) is 15.6 Å². The second-order valence-electron chi connectivity index (χ2n) is 5.99. The van der Waals surface area contributed by atoms with E-state index in [9.17, 15) is 0 Å². The number of hydrogen-bond donors (Lipinski definition) is 2. The van der Waals surface area contributed by atoms with Crippen molar-refractivity contribution in [2.45, 2.75) is 65.1 Å². The predicted octanol–water partition coefficient (Wildman–Crippen LogP) is 2.87. The largest absolute Gasteiger partial charge is 0.475 e. The summed E-state index contributed by atoms with van der Waals surface area (Å²) in [5.41, 5.74) is 1.08. The molecular formula is C17H28N4O. The number of pyridine rings is 1. The summed E-state index contributed by atoms with van der Waals surface area (Å²) in [5, 5.41) is 6.83. The highest BCUT2D eigenvalue weighted by molar-refractivity contribution is 5.80. The molecule has 1 aromatic heterocycles. The first kappa shape index (κ1) is 16.6. The van der Waals surface area contributed by atoms with Crippen LogP contribution in [0.3, 0.4) is 0 Å². The Kier molecular flexibility index (Phi) is 6.49. The zero-order chi connectivity index (χ0) is 15.8. The number of aromatic nitrogens is 1. The lowest BCUT2D eigenvalue weighted by Crippen LogP contribution is -2.42. The third-order valence-electron chi connectivity index (χ3n) is 3.61. The van der Waals surface area contributed by atoms with E-state index in [4.69, 9.17) is 4.74 Å². The minimum atomic E-state index is 0.146. The fourth-order valence-electron chi connectivity index (χ4n) is 2.57. The van der Waals surface area contributed by atoms with Crippen molar-refractivity contribution in [2.75, 3.05) is 6.54 Å². The fraction of sp³-hybridized carbons (Fsp3) is 0.647. The molecule has 1 saturated carbocycles. The van der Waals surface area contributed by atoms with Crippen molar-refractivity contribution in [2.24, 2.45) is 4.99 Å². The van der Waals surface area contributed by atoms with Gasteiger partial charge >= 0.3 is 0 Å². The van der Waals surface area contributed by atoms with Gasteiger partial charge in [0.1, 0.15) is 0 Å². The molecule has 0 amide bonds. The lowest BCUT2D eigenvalue weighted by molar-refractivity contribution is 0.232. The molecule has 2 N–H and O–H groups in total. The number of rotatable bonds is 6. The number of hydrogen-bond acceptors (Lipinski definition) is 3. The number of guanidine groups is 1. The van der Waals surface area contributed by atoms with Gasteiger partial charge in [0.15, 0.2) is 5.96 Å². The second kappa shape index (κ2) is 8.61. The summed E-state index contributed by atoms with van der Waals surface area (Å²) in [6.07, 6.45) is 7.10. The molecule has 0 bridgehead atoms. The van der Waals surface area contributed by atoms with E-state index in [1.807, 2.05) is 32.2 Å². The molecule has 2 rings (SSSR count). The highest BCUT2D eigenvalue weighted by Crippen LogP contribution is 2.17. The van der Waals surface area contributed by atoms with E-state index in [1.54, 1.807) is 0 Å². The first-order valence-corrected chi connectivity index (χ1v) is 8.33. The summed E-state index contributed by atoms with van der Waals surface area (Å²) in [6, 6.07) is 4.49. The molecule has 1 aromatic rings. The lowest BCUT2D eigenvalue weighted by Gasteiger charge is -2.16. The van der Waals surface area contributed by atoms with Crippen LogP contribution >= 0.6 is 0 Å². The Labute approximate surface area is 133 Å². The van der Waals surface area contributed by atoms with Crippen LogP contribution in [0, 0.1) is 0 Å². The van der Waals surface area contributed by atoms with Crippen LogP contribution in [0.4, 0.5) is 0 Å². The fourth-order valence-corrected chi connectivity index (χ4v) is 2.57. The number of nitrogens with one attached hydrogen (secondary N) is 2. The van der Waals surface area contributed by atoms with Crippen LogP contribution in [0.25, 0.3) is 0 Å². The molecule has 0 aromatic carbocycles. The van der Waals surface area contributed by atoms with Crippen molar-refractivity contribution in [3.8, 4) is 5.88 Å². The molecular weight excluding hydrogens is 276 g/mol. The molecule has 1 fully saturated rings. The standard InChI is InChI=1S/C17H28N4O/c1-4-18-17(21-15-7-5-6-8-15)20-12-14-9-10-16(19-11-14)22-13(2)3/h9-11,13,15H,4-8,12H2,1-3H3,(H2,18,20,21). The summed E-state index contributed by atoms with van der Waals surface area (Å²) in [5.74, 6) is 1.57. The van der Waals surface area contributed by atoms with E-state index >= 15 is 0 Å². The number of aliphatic imine (C=N–C) groups is 1. The van der Waals surface area contributed by atoms with E-state index < -0.39 is 0 Å². The lowest BCUT2D eigenvalue weighted by atomic mass is 10.2. The van der Waals surface area contributed by atoms with E-state index in [0.29, 0.717) is 18.5 Å². The smallest absolute Gasteiger partial charge is 0.213 e.